The largest absolute Gasteiger partial charge is 0.507 e. The van der Waals surface area contributed by atoms with Crippen molar-refractivity contribution in [1.29, 1.82) is 0 Å². The van der Waals surface area contributed by atoms with Crippen molar-refractivity contribution in [3.8, 4) is 11.5 Å². The van der Waals surface area contributed by atoms with E-state index in [1.807, 2.05) is 19.9 Å². The van der Waals surface area contributed by atoms with Crippen LogP contribution in [-0.2, 0) is 11.2 Å². The van der Waals surface area contributed by atoms with Gasteiger partial charge in [-0.1, -0.05) is 17.7 Å². The van der Waals surface area contributed by atoms with Crippen LogP contribution in [0, 0.1) is 0 Å². The van der Waals surface area contributed by atoms with Crippen LogP contribution in [0.25, 0.3) is 12.2 Å². The van der Waals surface area contributed by atoms with Gasteiger partial charge in [-0.15, -0.1) is 0 Å². The van der Waals surface area contributed by atoms with E-state index in [0.29, 0.717) is 29.1 Å². The average Bonchev–Trinajstić information content (AvgIpc) is 3.11. The Kier molecular flexibility index (Phi) is 6.00. The normalized spacial score (nSPS) is 10.7. The molecule has 0 spiro atoms. The van der Waals surface area contributed by atoms with E-state index in [1.165, 1.54) is 14.2 Å². The van der Waals surface area contributed by atoms with E-state index in [-0.39, 0.29) is 11.3 Å². The van der Waals surface area contributed by atoms with Crippen molar-refractivity contribution in [3.05, 3.63) is 52.6 Å². The molecule has 0 aliphatic rings. The van der Waals surface area contributed by atoms with E-state index in [1.54, 1.807) is 30.6 Å². The van der Waals surface area contributed by atoms with Gasteiger partial charge in [-0.25, -0.2) is 9.78 Å². The molecule has 2 N–H and O–H groups in total. The van der Waals surface area contributed by atoms with Crippen LogP contribution in [0.3, 0.4) is 0 Å². The molecule has 6 nitrogen and oxygen atoms in total. The number of methoxy groups -OCH3 is 2. The first-order chi connectivity index (χ1) is 12.0. The Balaban J connectivity index is 2.59. The minimum absolute atomic E-state index is 0.100. The third-order valence-electron chi connectivity index (χ3n) is 3.66. The summed E-state index contributed by atoms with van der Waals surface area (Å²) in [6.07, 6.45) is 9.11. The summed E-state index contributed by atoms with van der Waals surface area (Å²) in [6, 6.07) is 1.71. The lowest BCUT2D eigenvalue weighted by Gasteiger charge is -2.15. The van der Waals surface area contributed by atoms with Crippen LogP contribution >= 0.6 is 0 Å². The predicted molar refractivity (Wildman–Crippen MR) is 96.6 cm³/mol. The molecule has 0 fully saturated rings. The molecule has 25 heavy (non-hydrogen) atoms. The minimum atomic E-state index is -0.613. The van der Waals surface area contributed by atoms with Crippen LogP contribution in [0.2, 0.25) is 0 Å². The number of nitrogens with zero attached hydrogens (tertiary/aromatic N) is 1. The van der Waals surface area contributed by atoms with Crippen LogP contribution < -0.4 is 4.74 Å². The number of aromatic nitrogens is 2. The van der Waals surface area contributed by atoms with Crippen LogP contribution in [0.4, 0.5) is 0 Å². The van der Waals surface area contributed by atoms with Crippen molar-refractivity contribution in [2.75, 3.05) is 14.2 Å². The molecule has 2 rings (SSSR count). The Bertz CT molecular complexity index is 801. The molecule has 0 saturated carbocycles. The summed E-state index contributed by atoms with van der Waals surface area (Å²) in [7, 11) is 2.81. The topological polar surface area (TPSA) is 84.4 Å². The first kappa shape index (κ1) is 18.3. The number of allylic oxidation sites excluding steroid dienone is 2. The molecule has 0 unspecified atom stereocenters. The van der Waals surface area contributed by atoms with E-state index in [2.05, 4.69) is 9.97 Å². The molecule has 1 heterocycles. The first-order valence-electron chi connectivity index (χ1n) is 7.79. The molecule has 0 aliphatic carbocycles. The van der Waals surface area contributed by atoms with Crippen molar-refractivity contribution in [2.45, 2.75) is 20.3 Å². The van der Waals surface area contributed by atoms with Gasteiger partial charge < -0.3 is 19.6 Å². The number of nitrogens with one attached hydrogen (secondary N) is 1. The zero-order valence-corrected chi connectivity index (χ0v) is 14.8. The van der Waals surface area contributed by atoms with E-state index in [4.69, 9.17) is 9.47 Å². The van der Waals surface area contributed by atoms with Gasteiger partial charge in [0.1, 0.15) is 22.9 Å². The van der Waals surface area contributed by atoms with Crippen molar-refractivity contribution in [3.63, 3.8) is 0 Å². The number of ether oxygens (including phenoxy) is 2. The molecule has 132 valence electrons. The Labute approximate surface area is 146 Å². The number of carbonyl (C=O) groups is 1. The number of H-pyrrole nitrogens is 1. The number of esters is 1. The second-order valence-electron chi connectivity index (χ2n) is 5.66. The highest BCUT2D eigenvalue weighted by Gasteiger charge is 2.22. The molecule has 2 aromatic rings. The van der Waals surface area contributed by atoms with Crippen LogP contribution in [-0.4, -0.2) is 35.3 Å². The molecule has 0 aliphatic heterocycles. The number of phenolic OH excluding ortho intramolecular Hbond substituents is 1. The maximum Gasteiger partial charge on any atom is 0.342 e. The highest BCUT2D eigenvalue weighted by Crippen LogP contribution is 2.36. The summed E-state index contributed by atoms with van der Waals surface area (Å²) >= 11 is 0. The highest BCUT2D eigenvalue weighted by molar-refractivity contribution is 5.98. The first-order valence-corrected chi connectivity index (χ1v) is 7.79. The number of phenols is 1. The molecule has 1 aromatic carbocycles. The number of hydrogen-bond donors (Lipinski definition) is 2. The van der Waals surface area contributed by atoms with Gasteiger partial charge in [0.25, 0.3) is 0 Å². The third kappa shape index (κ3) is 4.29. The second-order valence-corrected chi connectivity index (χ2v) is 5.66. The summed E-state index contributed by atoms with van der Waals surface area (Å²) in [6.45, 7) is 3.93. The van der Waals surface area contributed by atoms with Crippen molar-refractivity contribution in [1.82, 2.24) is 9.97 Å². The fourth-order valence-corrected chi connectivity index (χ4v) is 2.38. The third-order valence-corrected chi connectivity index (χ3v) is 3.66. The van der Waals surface area contributed by atoms with Crippen LogP contribution in [0.15, 0.2) is 30.1 Å². The molecular formula is C19H22N2O4. The monoisotopic (exact) mass is 342 g/mol. The average molecular weight is 342 g/mol. The van der Waals surface area contributed by atoms with Gasteiger partial charge in [0.2, 0.25) is 0 Å². The molecule has 0 saturated heterocycles. The molecular weight excluding hydrogens is 320 g/mol. The molecule has 1 aromatic heterocycles. The van der Waals surface area contributed by atoms with Crippen LogP contribution in [0.1, 0.15) is 41.2 Å². The van der Waals surface area contributed by atoms with Gasteiger partial charge in [-0.05, 0) is 38.0 Å². The van der Waals surface area contributed by atoms with E-state index < -0.39 is 5.97 Å². The number of rotatable bonds is 6. The standard InChI is InChI=1S/C19H22N2O4/c1-12(2)5-7-14-15(24-3)11-13(6-8-16-20-9-10-21-16)17(18(14)22)19(23)25-4/h5-6,8-11,22H,7H2,1-4H3,(H,20,21)/b8-6+. The zero-order chi connectivity index (χ0) is 18.4. The van der Waals surface area contributed by atoms with Crippen molar-refractivity contribution < 1.29 is 19.4 Å². The summed E-state index contributed by atoms with van der Waals surface area (Å²) in [5.74, 6) is 0.380. The minimum Gasteiger partial charge on any atom is -0.507 e. The van der Waals surface area contributed by atoms with Crippen LogP contribution in [0.5, 0.6) is 11.5 Å². The smallest absolute Gasteiger partial charge is 0.342 e. The molecule has 0 bridgehead atoms. The Morgan fingerprint density at radius 3 is 2.64 bits per heavy atom. The Hall–Kier alpha value is -3.02. The lowest BCUT2D eigenvalue weighted by atomic mass is 9.97. The van der Waals surface area contributed by atoms with E-state index in [0.717, 1.165) is 5.57 Å². The van der Waals surface area contributed by atoms with Gasteiger partial charge in [-0.2, -0.15) is 0 Å². The SMILES string of the molecule is COC(=O)c1c(/C=C/c2ncc[nH]2)cc(OC)c(CC=C(C)C)c1O. The summed E-state index contributed by atoms with van der Waals surface area (Å²) < 4.78 is 10.2. The number of carbonyl (C=O) groups excluding carboxylic acids is 1. The Morgan fingerprint density at radius 1 is 1.32 bits per heavy atom. The molecule has 6 heteroatoms. The summed E-state index contributed by atoms with van der Waals surface area (Å²) in [4.78, 5) is 19.2. The highest BCUT2D eigenvalue weighted by atomic mass is 16.5. The fourth-order valence-electron chi connectivity index (χ4n) is 2.38. The van der Waals surface area contributed by atoms with E-state index in [9.17, 15) is 9.90 Å². The second kappa shape index (κ2) is 8.19. The fraction of sp³-hybridized carbons (Fsp3) is 0.263. The quantitative estimate of drug-likeness (QED) is 0.619. The number of benzene rings is 1. The van der Waals surface area contributed by atoms with Gasteiger partial charge in [-0.3, -0.25) is 0 Å². The number of imidazole rings is 1. The number of hydrogen-bond acceptors (Lipinski definition) is 5. The molecule has 0 radical (unpaired) electrons. The lowest BCUT2D eigenvalue weighted by molar-refractivity contribution is 0.0597. The summed E-state index contributed by atoms with van der Waals surface area (Å²) in [5, 5.41) is 10.7. The number of aromatic amines is 1. The maximum absolute atomic E-state index is 12.2. The number of aromatic hydroxyl groups is 1. The van der Waals surface area contributed by atoms with E-state index >= 15 is 0 Å². The molecule has 0 atom stereocenters. The predicted octanol–water partition coefficient (Wildman–Crippen LogP) is 3.59. The molecule has 0 amide bonds. The van der Waals surface area contributed by atoms with Gasteiger partial charge >= 0.3 is 5.97 Å². The zero-order valence-electron chi connectivity index (χ0n) is 14.8. The van der Waals surface area contributed by atoms with Crippen molar-refractivity contribution in [2.24, 2.45) is 0 Å². The Morgan fingerprint density at radius 2 is 2.08 bits per heavy atom. The maximum atomic E-state index is 12.2. The lowest BCUT2D eigenvalue weighted by Crippen LogP contribution is -2.07. The van der Waals surface area contributed by atoms with Gasteiger partial charge in [0.05, 0.1) is 14.2 Å². The van der Waals surface area contributed by atoms with Crippen molar-refractivity contribution >= 4 is 18.1 Å². The van der Waals surface area contributed by atoms with Gasteiger partial charge in [0.15, 0.2) is 0 Å². The summed E-state index contributed by atoms with van der Waals surface area (Å²) in [5.41, 5.74) is 2.23. The van der Waals surface area contributed by atoms with Gasteiger partial charge in [0, 0.05) is 18.0 Å².